The molecule has 0 saturated carbocycles. The van der Waals surface area contributed by atoms with Gasteiger partial charge < -0.3 is 5.73 Å². The lowest BCUT2D eigenvalue weighted by Crippen LogP contribution is -1.90. The van der Waals surface area contributed by atoms with Crippen molar-refractivity contribution >= 4 is 33.6 Å². The number of rotatable bonds is 1. The third-order valence-corrected chi connectivity index (χ3v) is 4.05. The van der Waals surface area contributed by atoms with Gasteiger partial charge in [0.2, 0.25) is 10.9 Å². The lowest BCUT2D eigenvalue weighted by Gasteiger charge is -1.95. The summed E-state index contributed by atoms with van der Waals surface area (Å²) in [5.74, 6) is 0.331. The second-order valence-corrected chi connectivity index (χ2v) is 4.97. The van der Waals surface area contributed by atoms with Gasteiger partial charge in [0, 0.05) is 5.38 Å². The maximum Gasteiger partial charge on any atom is 0.241 e. The molecule has 6 heteroatoms. The molecule has 0 spiro atoms. The summed E-state index contributed by atoms with van der Waals surface area (Å²) >= 11 is 3.27. The van der Waals surface area contributed by atoms with Crippen molar-refractivity contribution in [2.45, 2.75) is 6.92 Å². The normalized spacial score (nSPS) is 11.3. The highest BCUT2D eigenvalue weighted by atomic mass is 32.1. The minimum Gasteiger partial charge on any atom is -0.366 e. The summed E-state index contributed by atoms with van der Waals surface area (Å²) in [4.78, 5) is 6.20. The summed E-state index contributed by atoms with van der Waals surface area (Å²) in [6, 6.07) is 2.10. The molecule has 3 aromatic heterocycles. The molecule has 2 N–H and O–H groups in total. The van der Waals surface area contributed by atoms with Crippen molar-refractivity contribution in [1.82, 2.24) is 14.6 Å². The molecule has 0 aromatic carbocycles. The van der Waals surface area contributed by atoms with Crippen LogP contribution in [0.15, 0.2) is 16.8 Å². The van der Waals surface area contributed by atoms with E-state index in [1.54, 1.807) is 27.2 Å². The van der Waals surface area contributed by atoms with E-state index in [-0.39, 0.29) is 0 Å². The highest BCUT2D eigenvalue weighted by Crippen LogP contribution is 2.31. The first-order valence-corrected chi connectivity index (χ1v) is 6.16. The van der Waals surface area contributed by atoms with Crippen molar-refractivity contribution in [3.8, 4) is 10.6 Å². The minimum absolute atomic E-state index is 0.331. The van der Waals surface area contributed by atoms with Crippen LogP contribution in [-0.2, 0) is 0 Å². The van der Waals surface area contributed by atoms with E-state index in [0.717, 1.165) is 10.7 Å². The molecule has 4 nitrogen and oxygen atoms in total. The molecule has 76 valence electrons. The standard InChI is InChI=1S/C9H8N4S2/c1-5-2-3-14-7(5)6-4-15-9-11-8(10)12-13(6)9/h2-4H,1H3,(H2,10,12). The molecule has 0 unspecified atom stereocenters. The van der Waals surface area contributed by atoms with Gasteiger partial charge >= 0.3 is 0 Å². The van der Waals surface area contributed by atoms with Gasteiger partial charge in [-0.2, -0.15) is 4.98 Å². The van der Waals surface area contributed by atoms with Crippen molar-refractivity contribution < 1.29 is 0 Å². The van der Waals surface area contributed by atoms with Crippen molar-refractivity contribution in [3.63, 3.8) is 0 Å². The average Bonchev–Trinajstić information content (AvgIpc) is 2.81. The van der Waals surface area contributed by atoms with Gasteiger partial charge in [0.25, 0.3) is 0 Å². The van der Waals surface area contributed by atoms with Crippen LogP contribution in [0.25, 0.3) is 15.5 Å². The molecule has 0 aliphatic heterocycles. The molecule has 0 atom stereocenters. The van der Waals surface area contributed by atoms with E-state index in [4.69, 9.17) is 5.73 Å². The fraction of sp³-hybridized carbons (Fsp3) is 0.111. The first kappa shape index (κ1) is 8.87. The molecule has 0 bridgehead atoms. The van der Waals surface area contributed by atoms with Crippen molar-refractivity contribution in [3.05, 3.63) is 22.4 Å². The Morgan fingerprint density at radius 3 is 3.00 bits per heavy atom. The third-order valence-electron chi connectivity index (χ3n) is 2.19. The Kier molecular flexibility index (Phi) is 1.80. The van der Waals surface area contributed by atoms with Crippen LogP contribution in [0.4, 0.5) is 5.95 Å². The van der Waals surface area contributed by atoms with Gasteiger partial charge in [-0.1, -0.05) is 0 Å². The predicted molar refractivity (Wildman–Crippen MR) is 63.3 cm³/mol. The monoisotopic (exact) mass is 236 g/mol. The molecule has 0 aliphatic carbocycles. The van der Waals surface area contributed by atoms with Gasteiger partial charge in [0.1, 0.15) is 0 Å². The highest BCUT2D eigenvalue weighted by Gasteiger charge is 2.12. The smallest absolute Gasteiger partial charge is 0.241 e. The van der Waals surface area contributed by atoms with E-state index >= 15 is 0 Å². The van der Waals surface area contributed by atoms with E-state index in [0.29, 0.717) is 5.95 Å². The number of thiophene rings is 1. The summed E-state index contributed by atoms with van der Waals surface area (Å²) in [7, 11) is 0. The molecular formula is C9H8N4S2. The predicted octanol–water partition coefficient (Wildman–Crippen LogP) is 2.41. The van der Waals surface area contributed by atoms with Crippen LogP contribution in [0.1, 0.15) is 5.56 Å². The number of nitrogen functional groups attached to an aromatic ring is 1. The number of aromatic nitrogens is 3. The van der Waals surface area contributed by atoms with Crippen LogP contribution in [0, 0.1) is 6.92 Å². The molecule has 15 heavy (non-hydrogen) atoms. The lowest BCUT2D eigenvalue weighted by molar-refractivity contribution is 0.994. The molecule has 3 heterocycles. The van der Waals surface area contributed by atoms with Gasteiger partial charge in [0.15, 0.2) is 0 Å². The highest BCUT2D eigenvalue weighted by molar-refractivity contribution is 7.17. The fourth-order valence-electron chi connectivity index (χ4n) is 1.49. The number of hydrogen-bond acceptors (Lipinski definition) is 5. The zero-order valence-electron chi connectivity index (χ0n) is 7.97. The average molecular weight is 236 g/mol. The van der Waals surface area contributed by atoms with E-state index in [2.05, 4.69) is 33.8 Å². The molecule has 0 aliphatic rings. The number of thiazole rings is 1. The van der Waals surface area contributed by atoms with Crippen LogP contribution in [-0.4, -0.2) is 14.6 Å². The molecule has 0 radical (unpaired) electrons. The number of hydrogen-bond donors (Lipinski definition) is 1. The Morgan fingerprint density at radius 2 is 2.27 bits per heavy atom. The minimum atomic E-state index is 0.331. The van der Waals surface area contributed by atoms with Gasteiger partial charge in [-0.3, -0.25) is 0 Å². The lowest BCUT2D eigenvalue weighted by atomic mass is 10.2. The van der Waals surface area contributed by atoms with Gasteiger partial charge in [-0.15, -0.1) is 27.8 Å². The van der Waals surface area contributed by atoms with Crippen LogP contribution in [0.2, 0.25) is 0 Å². The van der Waals surface area contributed by atoms with Crippen LogP contribution >= 0.6 is 22.7 Å². The second-order valence-electron chi connectivity index (χ2n) is 3.22. The van der Waals surface area contributed by atoms with Crippen LogP contribution in [0.5, 0.6) is 0 Å². The van der Waals surface area contributed by atoms with E-state index in [1.165, 1.54) is 10.4 Å². The summed E-state index contributed by atoms with van der Waals surface area (Å²) in [6.07, 6.45) is 0. The van der Waals surface area contributed by atoms with Crippen LogP contribution in [0.3, 0.4) is 0 Å². The summed E-state index contributed by atoms with van der Waals surface area (Å²) in [5, 5.41) is 8.31. The van der Waals surface area contributed by atoms with E-state index in [9.17, 15) is 0 Å². The quantitative estimate of drug-likeness (QED) is 0.706. The van der Waals surface area contributed by atoms with Crippen molar-refractivity contribution in [2.75, 3.05) is 5.73 Å². The summed E-state index contributed by atoms with van der Waals surface area (Å²) in [5.41, 5.74) is 7.90. The Hall–Kier alpha value is -1.40. The Labute approximate surface area is 94.0 Å². The summed E-state index contributed by atoms with van der Waals surface area (Å²) in [6.45, 7) is 2.09. The van der Waals surface area contributed by atoms with E-state index < -0.39 is 0 Å². The Morgan fingerprint density at radius 1 is 1.40 bits per heavy atom. The number of fused-ring (bicyclic) bond motifs is 1. The number of aryl methyl sites for hydroxylation is 1. The zero-order chi connectivity index (χ0) is 10.4. The van der Waals surface area contributed by atoms with Gasteiger partial charge in [-0.05, 0) is 23.9 Å². The van der Waals surface area contributed by atoms with Crippen molar-refractivity contribution in [1.29, 1.82) is 0 Å². The first-order chi connectivity index (χ1) is 7.25. The fourth-order valence-corrected chi connectivity index (χ4v) is 3.31. The zero-order valence-corrected chi connectivity index (χ0v) is 9.60. The first-order valence-electron chi connectivity index (χ1n) is 4.40. The van der Waals surface area contributed by atoms with Gasteiger partial charge in [-0.25, -0.2) is 4.52 Å². The van der Waals surface area contributed by atoms with Gasteiger partial charge in [0.05, 0.1) is 10.6 Å². The van der Waals surface area contributed by atoms with E-state index in [1.807, 2.05) is 0 Å². The van der Waals surface area contributed by atoms with Crippen LogP contribution < -0.4 is 5.73 Å². The second kappa shape index (κ2) is 3.04. The Balaban J connectivity index is 2.31. The molecule has 0 amide bonds. The molecule has 3 aromatic rings. The number of nitrogens with two attached hydrogens (primary N) is 1. The summed E-state index contributed by atoms with van der Waals surface area (Å²) < 4.78 is 1.80. The Bertz CT molecular complexity index is 619. The molecule has 0 saturated heterocycles. The topological polar surface area (TPSA) is 56.2 Å². The molecule has 3 rings (SSSR count). The SMILES string of the molecule is Cc1ccsc1-c1csc2nc(N)nn12. The third kappa shape index (κ3) is 1.25. The largest absolute Gasteiger partial charge is 0.366 e. The number of anilines is 1. The maximum atomic E-state index is 5.56. The molecular weight excluding hydrogens is 228 g/mol. The van der Waals surface area contributed by atoms with Crippen molar-refractivity contribution in [2.24, 2.45) is 0 Å². The number of nitrogens with zero attached hydrogens (tertiary/aromatic N) is 3. The maximum absolute atomic E-state index is 5.56. The molecule has 0 fully saturated rings.